The van der Waals surface area contributed by atoms with Gasteiger partial charge in [0, 0.05) is 0 Å². The Balaban J connectivity index is 1.60. The molecule has 0 saturated heterocycles. The van der Waals surface area contributed by atoms with Crippen molar-refractivity contribution in [3.8, 4) is 17.2 Å². The molecule has 36 heavy (non-hydrogen) atoms. The lowest BCUT2D eigenvalue weighted by Crippen LogP contribution is -2.31. The minimum Gasteiger partial charge on any atom is -0.493 e. The van der Waals surface area contributed by atoms with Gasteiger partial charge in [0.1, 0.15) is 11.6 Å². The summed E-state index contributed by atoms with van der Waals surface area (Å²) in [6.07, 6.45) is 1.10. The van der Waals surface area contributed by atoms with Crippen molar-refractivity contribution in [1.82, 2.24) is 5.32 Å². The number of rotatable bonds is 11. The van der Waals surface area contributed by atoms with Crippen LogP contribution < -0.4 is 23.8 Å². The standard InChI is InChI=1S/C26H29FN2O6S/c1-18(20-7-14-24(33-2)25(15-20)34-3)28-26(30)17-35-23-12-10-22(11-13-23)29(36(4,31)32)16-19-5-8-21(27)9-6-19/h5-15,18H,16-17H2,1-4H3,(H,28,30). The van der Waals surface area contributed by atoms with E-state index in [1.54, 1.807) is 50.6 Å². The Morgan fingerprint density at radius 2 is 1.61 bits per heavy atom. The molecule has 3 rings (SSSR count). The predicted molar refractivity (Wildman–Crippen MR) is 135 cm³/mol. The number of nitrogens with one attached hydrogen (secondary N) is 1. The highest BCUT2D eigenvalue weighted by Gasteiger charge is 2.18. The lowest BCUT2D eigenvalue weighted by atomic mass is 10.1. The fraction of sp³-hybridized carbons (Fsp3) is 0.269. The molecule has 0 bridgehead atoms. The third kappa shape index (κ3) is 7.11. The van der Waals surface area contributed by atoms with E-state index in [1.807, 2.05) is 13.0 Å². The van der Waals surface area contributed by atoms with E-state index >= 15 is 0 Å². The van der Waals surface area contributed by atoms with Crippen molar-refractivity contribution in [3.63, 3.8) is 0 Å². The van der Waals surface area contributed by atoms with Gasteiger partial charge in [0.05, 0.1) is 38.7 Å². The molecule has 1 amide bonds. The fourth-order valence-electron chi connectivity index (χ4n) is 3.50. The van der Waals surface area contributed by atoms with Gasteiger partial charge in [-0.15, -0.1) is 0 Å². The van der Waals surface area contributed by atoms with Crippen molar-refractivity contribution < 1.29 is 31.8 Å². The van der Waals surface area contributed by atoms with Crippen LogP contribution in [0.5, 0.6) is 17.2 Å². The van der Waals surface area contributed by atoms with Crippen LogP contribution in [0.25, 0.3) is 0 Å². The van der Waals surface area contributed by atoms with Gasteiger partial charge in [-0.1, -0.05) is 18.2 Å². The van der Waals surface area contributed by atoms with Crippen molar-refractivity contribution in [2.75, 3.05) is 31.4 Å². The number of methoxy groups -OCH3 is 2. The molecule has 0 saturated carbocycles. The number of nitrogens with zero attached hydrogens (tertiary/aromatic N) is 1. The first-order chi connectivity index (χ1) is 17.1. The Kier molecular flexibility index (Phi) is 8.76. The van der Waals surface area contributed by atoms with Gasteiger partial charge in [-0.05, 0) is 66.6 Å². The lowest BCUT2D eigenvalue weighted by Gasteiger charge is -2.23. The van der Waals surface area contributed by atoms with Gasteiger partial charge >= 0.3 is 0 Å². The Hall–Kier alpha value is -3.79. The molecule has 1 unspecified atom stereocenters. The Morgan fingerprint density at radius 1 is 0.972 bits per heavy atom. The summed E-state index contributed by atoms with van der Waals surface area (Å²) in [5.74, 6) is 0.848. The Morgan fingerprint density at radius 3 is 2.19 bits per heavy atom. The highest BCUT2D eigenvalue weighted by molar-refractivity contribution is 7.92. The van der Waals surface area contributed by atoms with Gasteiger partial charge in [-0.25, -0.2) is 12.8 Å². The Labute approximate surface area is 210 Å². The number of carbonyl (C=O) groups is 1. The molecule has 0 spiro atoms. The minimum atomic E-state index is -3.60. The average molecular weight is 517 g/mol. The lowest BCUT2D eigenvalue weighted by molar-refractivity contribution is -0.123. The first-order valence-electron chi connectivity index (χ1n) is 11.1. The molecule has 0 radical (unpaired) electrons. The molecule has 0 aliphatic heterocycles. The third-order valence-electron chi connectivity index (χ3n) is 5.42. The molecule has 1 N–H and O–H groups in total. The number of carbonyl (C=O) groups excluding carboxylic acids is 1. The van der Waals surface area contributed by atoms with Gasteiger partial charge < -0.3 is 19.5 Å². The van der Waals surface area contributed by atoms with Crippen LogP contribution in [0.1, 0.15) is 24.1 Å². The molecule has 0 aromatic heterocycles. The number of amides is 1. The van der Waals surface area contributed by atoms with Crippen LogP contribution in [0.15, 0.2) is 66.7 Å². The molecule has 8 nitrogen and oxygen atoms in total. The molecule has 192 valence electrons. The summed E-state index contributed by atoms with van der Waals surface area (Å²) in [5.41, 5.74) is 1.90. The summed E-state index contributed by atoms with van der Waals surface area (Å²) in [7, 11) is -0.500. The quantitative estimate of drug-likeness (QED) is 0.413. The summed E-state index contributed by atoms with van der Waals surface area (Å²) in [4.78, 5) is 12.4. The summed E-state index contributed by atoms with van der Waals surface area (Å²) in [5, 5.41) is 2.86. The van der Waals surface area contributed by atoms with Crippen LogP contribution in [-0.4, -0.2) is 41.4 Å². The van der Waals surface area contributed by atoms with Crippen molar-refractivity contribution in [2.45, 2.75) is 19.5 Å². The molecule has 1 atom stereocenters. The third-order valence-corrected chi connectivity index (χ3v) is 6.56. The number of sulfonamides is 1. The zero-order valence-electron chi connectivity index (χ0n) is 20.5. The second-order valence-electron chi connectivity index (χ2n) is 8.08. The number of halogens is 1. The van der Waals surface area contributed by atoms with Crippen molar-refractivity contribution in [1.29, 1.82) is 0 Å². The normalized spacial score (nSPS) is 11.9. The van der Waals surface area contributed by atoms with Crippen molar-refractivity contribution in [3.05, 3.63) is 83.7 Å². The van der Waals surface area contributed by atoms with E-state index < -0.39 is 15.8 Å². The van der Waals surface area contributed by atoms with Crippen LogP contribution in [0.2, 0.25) is 0 Å². The maximum absolute atomic E-state index is 13.2. The van der Waals surface area contributed by atoms with E-state index in [-0.39, 0.29) is 25.1 Å². The summed E-state index contributed by atoms with van der Waals surface area (Å²) < 4.78 is 55.2. The zero-order chi connectivity index (χ0) is 26.3. The smallest absolute Gasteiger partial charge is 0.258 e. The van der Waals surface area contributed by atoms with Gasteiger partial charge in [-0.2, -0.15) is 0 Å². The number of hydrogen-bond donors (Lipinski definition) is 1. The van der Waals surface area contributed by atoms with Crippen LogP contribution in [-0.2, 0) is 21.4 Å². The predicted octanol–water partition coefficient (Wildman–Crippen LogP) is 4.07. The van der Waals surface area contributed by atoms with Crippen LogP contribution in [0.3, 0.4) is 0 Å². The molecule has 0 aliphatic carbocycles. The maximum Gasteiger partial charge on any atom is 0.258 e. The molecule has 3 aromatic rings. The molecular formula is C26H29FN2O6S. The fourth-order valence-corrected chi connectivity index (χ4v) is 4.39. The highest BCUT2D eigenvalue weighted by Crippen LogP contribution is 2.30. The zero-order valence-corrected chi connectivity index (χ0v) is 21.3. The average Bonchev–Trinajstić information content (AvgIpc) is 2.86. The first kappa shape index (κ1) is 26.8. The number of benzene rings is 3. The summed E-state index contributed by atoms with van der Waals surface area (Å²) in [6, 6.07) is 17.1. The van der Waals surface area contributed by atoms with Gasteiger partial charge in [0.25, 0.3) is 5.91 Å². The van der Waals surface area contributed by atoms with Gasteiger partial charge in [0.15, 0.2) is 18.1 Å². The molecular weight excluding hydrogens is 487 g/mol. The molecule has 0 fully saturated rings. The first-order valence-corrected chi connectivity index (χ1v) is 12.9. The topological polar surface area (TPSA) is 94.2 Å². The molecule has 3 aromatic carbocycles. The highest BCUT2D eigenvalue weighted by atomic mass is 32.2. The van der Waals surface area contributed by atoms with E-state index in [9.17, 15) is 17.6 Å². The summed E-state index contributed by atoms with van der Waals surface area (Å²) in [6.45, 7) is 1.67. The number of ether oxygens (including phenoxy) is 3. The maximum atomic E-state index is 13.2. The van der Waals surface area contributed by atoms with Crippen molar-refractivity contribution in [2.24, 2.45) is 0 Å². The van der Waals surface area contributed by atoms with E-state index in [4.69, 9.17) is 14.2 Å². The Bertz CT molecular complexity index is 1280. The second-order valence-corrected chi connectivity index (χ2v) is 9.99. The molecule has 10 heteroatoms. The van der Waals surface area contributed by atoms with Gasteiger partial charge in [0.2, 0.25) is 10.0 Å². The van der Waals surface area contributed by atoms with Crippen LogP contribution in [0.4, 0.5) is 10.1 Å². The minimum absolute atomic E-state index is 0.0513. The van der Waals surface area contributed by atoms with Crippen molar-refractivity contribution >= 4 is 21.6 Å². The summed E-state index contributed by atoms with van der Waals surface area (Å²) >= 11 is 0. The molecule has 0 aliphatic rings. The van der Waals surface area contributed by atoms with E-state index in [0.29, 0.717) is 28.5 Å². The van der Waals surface area contributed by atoms with E-state index in [2.05, 4.69) is 5.32 Å². The number of hydrogen-bond acceptors (Lipinski definition) is 6. The second kappa shape index (κ2) is 11.8. The van der Waals surface area contributed by atoms with Crippen LogP contribution in [0, 0.1) is 5.82 Å². The monoisotopic (exact) mass is 516 g/mol. The van der Waals surface area contributed by atoms with Gasteiger partial charge in [-0.3, -0.25) is 9.10 Å². The largest absolute Gasteiger partial charge is 0.493 e. The van der Waals surface area contributed by atoms with Crippen LogP contribution >= 0.6 is 0 Å². The SMILES string of the molecule is COc1ccc(C(C)NC(=O)COc2ccc(N(Cc3ccc(F)cc3)S(C)(=O)=O)cc2)cc1OC. The molecule has 0 heterocycles. The number of anilines is 1. The van der Waals surface area contributed by atoms with E-state index in [1.165, 1.54) is 28.6 Å². The van der Waals surface area contributed by atoms with E-state index in [0.717, 1.165) is 11.8 Å².